The molecule has 0 aliphatic heterocycles. The number of fused-ring (bicyclic) bond motifs is 1. The Labute approximate surface area is 174 Å². The highest BCUT2D eigenvalue weighted by Crippen LogP contribution is 2.23. The summed E-state index contributed by atoms with van der Waals surface area (Å²) in [7, 11) is 1.60. The number of benzene rings is 1. The maximum absolute atomic E-state index is 12.9. The number of carbonyl (C=O) groups is 2. The SMILES string of the molecule is COCCCn1c(S[C@H](C)C(=O)NC(=O)NC(C)(C)C)nc2ccccc2c1=O. The number of para-hydroxylation sites is 1. The van der Waals surface area contributed by atoms with E-state index in [1.807, 2.05) is 26.8 Å². The van der Waals surface area contributed by atoms with Crippen molar-refractivity contribution < 1.29 is 14.3 Å². The predicted molar refractivity (Wildman–Crippen MR) is 114 cm³/mol. The highest BCUT2D eigenvalue weighted by atomic mass is 32.2. The minimum atomic E-state index is -0.623. The van der Waals surface area contributed by atoms with Gasteiger partial charge in [-0.3, -0.25) is 19.5 Å². The zero-order valence-electron chi connectivity index (χ0n) is 17.4. The maximum Gasteiger partial charge on any atom is 0.321 e. The Balaban J connectivity index is 2.24. The van der Waals surface area contributed by atoms with E-state index >= 15 is 0 Å². The number of nitrogens with zero attached hydrogens (tertiary/aromatic N) is 2. The number of aromatic nitrogens is 2. The second-order valence-electron chi connectivity index (χ2n) is 7.67. The Morgan fingerprint density at radius 1 is 1.28 bits per heavy atom. The van der Waals surface area contributed by atoms with E-state index in [0.717, 1.165) is 11.8 Å². The van der Waals surface area contributed by atoms with Gasteiger partial charge in [-0.1, -0.05) is 23.9 Å². The van der Waals surface area contributed by atoms with Gasteiger partial charge < -0.3 is 10.1 Å². The second-order valence-corrected chi connectivity index (χ2v) is 8.98. The van der Waals surface area contributed by atoms with Crippen molar-refractivity contribution in [2.45, 2.75) is 56.6 Å². The summed E-state index contributed by atoms with van der Waals surface area (Å²) in [4.78, 5) is 41.9. The fourth-order valence-corrected chi connectivity index (χ4v) is 3.53. The lowest BCUT2D eigenvalue weighted by molar-refractivity contribution is -0.119. The molecular formula is C20H28N4O4S. The smallest absolute Gasteiger partial charge is 0.321 e. The van der Waals surface area contributed by atoms with Gasteiger partial charge in [0.1, 0.15) is 0 Å². The lowest BCUT2D eigenvalue weighted by atomic mass is 10.1. The number of carbonyl (C=O) groups excluding carboxylic acids is 2. The minimum absolute atomic E-state index is 0.160. The predicted octanol–water partition coefficient (Wildman–Crippen LogP) is 2.54. The van der Waals surface area contributed by atoms with Gasteiger partial charge in [0, 0.05) is 25.8 Å². The van der Waals surface area contributed by atoms with Gasteiger partial charge in [0.2, 0.25) is 5.91 Å². The zero-order valence-corrected chi connectivity index (χ0v) is 18.3. The molecule has 9 heteroatoms. The Kier molecular flexibility index (Phi) is 7.80. The average molecular weight is 421 g/mol. The van der Waals surface area contributed by atoms with Crippen LogP contribution in [0.1, 0.15) is 34.1 Å². The van der Waals surface area contributed by atoms with E-state index in [-0.39, 0.29) is 5.56 Å². The highest BCUT2D eigenvalue weighted by molar-refractivity contribution is 8.00. The number of rotatable bonds is 7. The Morgan fingerprint density at radius 3 is 2.62 bits per heavy atom. The molecule has 0 aliphatic carbocycles. The van der Waals surface area contributed by atoms with Crippen LogP contribution in [0.4, 0.5) is 4.79 Å². The van der Waals surface area contributed by atoms with Crippen molar-refractivity contribution in [3.8, 4) is 0 Å². The molecule has 0 fully saturated rings. The zero-order chi connectivity index (χ0) is 21.6. The molecule has 1 heterocycles. The first-order chi connectivity index (χ1) is 13.6. The van der Waals surface area contributed by atoms with E-state index in [1.54, 1.807) is 36.8 Å². The van der Waals surface area contributed by atoms with Crippen LogP contribution in [0.5, 0.6) is 0 Å². The van der Waals surface area contributed by atoms with Crippen LogP contribution >= 0.6 is 11.8 Å². The summed E-state index contributed by atoms with van der Waals surface area (Å²) in [6.45, 7) is 8.08. The van der Waals surface area contributed by atoms with Gasteiger partial charge in [0.25, 0.3) is 5.56 Å². The van der Waals surface area contributed by atoms with Crippen LogP contribution in [-0.2, 0) is 16.1 Å². The van der Waals surface area contributed by atoms with Crippen LogP contribution in [0.2, 0.25) is 0 Å². The summed E-state index contributed by atoms with van der Waals surface area (Å²) in [6.07, 6.45) is 0.637. The van der Waals surface area contributed by atoms with E-state index in [2.05, 4.69) is 15.6 Å². The molecule has 0 bridgehead atoms. The molecule has 158 valence electrons. The molecule has 29 heavy (non-hydrogen) atoms. The van der Waals surface area contributed by atoms with E-state index in [1.165, 1.54) is 0 Å². The molecule has 0 radical (unpaired) electrons. The quantitative estimate of drug-likeness (QED) is 0.405. The molecule has 0 spiro atoms. The van der Waals surface area contributed by atoms with Crippen LogP contribution in [0, 0.1) is 0 Å². The van der Waals surface area contributed by atoms with Gasteiger partial charge in [-0.2, -0.15) is 0 Å². The third-order valence-electron chi connectivity index (χ3n) is 3.93. The monoisotopic (exact) mass is 420 g/mol. The summed E-state index contributed by atoms with van der Waals surface area (Å²) in [6, 6.07) is 6.55. The van der Waals surface area contributed by atoms with Crippen LogP contribution in [0.15, 0.2) is 34.2 Å². The number of hydrogen-bond donors (Lipinski definition) is 2. The summed E-state index contributed by atoms with van der Waals surface area (Å²) in [5, 5.41) is 5.35. The normalized spacial score (nSPS) is 12.6. The van der Waals surface area contributed by atoms with Gasteiger partial charge in [0.15, 0.2) is 5.16 Å². The van der Waals surface area contributed by atoms with Crippen LogP contribution in [0.3, 0.4) is 0 Å². The molecule has 1 aromatic heterocycles. The molecule has 0 unspecified atom stereocenters. The summed E-state index contributed by atoms with van der Waals surface area (Å²) < 4.78 is 6.64. The molecule has 0 saturated heterocycles. The summed E-state index contributed by atoms with van der Waals surface area (Å²) in [5.41, 5.74) is -0.0454. The minimum Gasteiger partial charge on any atom is -0.385 e. The molecular weight excluding hydrogens is 392 g/mol. The van der Waals surface area contributed by atoms with Crippen molar-refractivity contribution >= 4 is 34.6 Å². The molecule has 2 aromatic rings. The number of amides is 3. The molecule has 0 saturated carbocycles. The first-order valence-corrected chi connectivity index (χ1v) is 10.3. The topological polar surface area (TPSA) is 102 Å². The summed E-state index contributed by atoms with van der Waals surface area (Å²) in [5.74, 6) is -0.456. The molecule has 2 rings (SSSR count). The van der Waals surface area contributed by atoms with Crippen molar-refractivity contribution in [1.29, 1.82) is 0 Å². The fourth-order valence-electron chi connectivity index (χ4n) is 2.60. The van der Waals surface area contributed by atoms with E-state index in [0.29, 0.717) is 35.6 Å². The Morgan fingerprint density at radius 2 is 1.97 bits per heavy atom. The van der Waals surface area contributed by atoms with Gasteiger partial charge in [-0.05, 0) is 46.2 Å². The molecule has 1 aromatic carbocycles. The van der Waals surface area contributed by atoms with Crippen molar-refractivity contribution in [3.05, 3.63) is 34.6 Å². The van der Waals surface area contributed by atoms with Gasteiger partial charge in [-0.25, -0.2) is 9.78 Å². The molecule has 8 nitrogen and oxygen atoms in total. The number of methoxy groups -OCH3 is 1. The van der Waals surface area contributed by atoms with Crippen molar-refractivity contribution in [3.63, 3.8) is 0 Å². The molecule has 3 amide bonds. The number of nitrogens with one attached hydrogen (secondary N) is 2. The number of hydrogen-bond acceptors (Lipinski definition) is 6. The van der Waals surface area contributed by atoms with Gasteiger partial charge >= 0.3 is 6.03 Å². The second kappa shape index (κ2) is 9.89. The average Bonchev–Trinajstić information content (AvgIpc) is 2.62. The highest BCUT2D eigenvalue weighted by Gasteiger charge is 2.22. The van der Waals surface area contributed by atoms with Gasteiger partial charge in [-0.15, -0.1) is 0 Å². The van der Waals surface area contributed by atoms with Crippen molar-refractivity contribution in [2.75, 3.05) is 13.7 Å². The maximum atomic E-state index is 12.9. The van der Waals surface area contributed by atoms with Gasteiger partial charge in [0.05, 0.1) is 16.2 Å². The van der Waals surface area contributed by atoms with Crippen LogP contribution in [0.25, 0.3) is 10.9 Å². The molecule has 1 atom stereocenters. The first kappa shape index (κ1) is 22.9. The van der Waals surface area contributed by atoms with Crippen LogP contribution < -0.4 is 16.2 Å². The lowest BCUT2D eigenvalue weighted by Crippen LogP contribution is -2.49. The third kappa shape index (κ3) is 6.57. The van der Waals surface area contributed by atoms with Crippen molar-refractivity contribution in [1.82, 2.24) is 20.2 Å². The van der Waals surface area contributed by atoms with E-state index in [4.69, 9.17) is 4.74 Å². The lowest BCUT2D eigenvalue weighted by Gasteiger charge is -2.21. The fraction of sp³-hybridized carbons (Fsp3) is 0.500. The molecule has 0 aliphatic rings. The third-order valence-corrected chi connectivity index (χ3v) is 5.02. The van der Waals surface area contributed by atoms with E-state index < -0.39 is 22.7 Å². The summed E-state index contributed by atoms with van der Waals surface area (Å²) >= 11 is 1.14. The number of imide groups is 1. The number of ether oxygens (including phenoxy) is 1. The van der Waals surface area contributed by atoms with Crippen LogP contribution in [-0.4, -0.2) is 46.0 Å². The molecule has 2 N–H and O–H groups in total. The van der Waals surface area contributed by atoms with E-state index in [9.17, 15) is 14.4 Å². The largest absolute Gasteiger partial charge is 0.385 e. The number of thioether (sulfide) groups is 1. The van der Waals surface area contributed by atoms with Crippen molar-refractivity contribution in [2.24, 2.45) is 0 Å². The standard InChI is InChI=1S/C20H28N4O4S/c1-13(16(25)22-18(27)23-20(2,3)4)29-19-21-15-10-7-6-9-14(15)17(26)24(19)11-8-12-28-5/h6-7,9-10,13H,8,11-12H2,1-5H3,(H2,22,23,25,27)/t13-/m1/s1. The number of urea groups is 1. The Bertz CT molecular complexity index is 936. The Hall–Kier alpha value is -2.39. The first-order valence-electron chi connectivity index (χ1n) is 9.40.